The number of rotatable bonds is 6. The molecular weight excluding hydrogens is 406 g/mol. The number of aromatic nitrogens is 2. The van der Waals surface area contributed by atoms with Crippen molar-refractivity contribution >= 4 is 34.3 Å². The minimum absolute atomic E-state index is 0.255. The van der Waals surface area contributed by atoms with Crippen LogP contribution >= 0.6 is 22.7 Å². The van der Waals surface area contributed by atoms with E-state index in [4.69, 9.17) is 9.47 Å². The zero-order valence-electron chi connectivity index (χ0n) is 15.7. The van der Waals surface area contributed by atoms with E-state index in [1.807, 2.05) is 47.8 Å². The van der Waals surface area contributed by atoms with Gasteiger partial charge < -0.3 is 14.8 Å². The molecule has 29 heavy (non-hydrogen) atoms. The minimum atomic E-state index is -0.255. The van der Waals surface area contributed by atoms with E-state index in [0.29, 0.717) is 22.9 Å². The van der Waals surface area contributed by atoms with Gasteiger partial charge >= 0.3 is 0 Å². The lowest BCUT2D eigenvalue weighted by Gasteiger charge is -2.08. The SMILES string of the molecule is COc1ccc(-c2nc(C(=O)Nc3ccc(-c4nccs4)cc3)cs2)cc1OC. The highest BCUT2D eigenvalue weighted by molar-refractivity contribution is 7.13. The first-order chi connectivity index (χ1) is 14.2. The van der Waals surface area contributed by atoms with E-state index in [1.54, 1.807) is 37.1 Å². The number of thiazole rings is 2. The summed E-state index contributed by atoms with van der Waals surface area (Å²) in [7, 11) is 3.18. The van der Waals surface area contributed by atoms with E-state index in [2.05, 4.69) is 15.3 Å². The maximum absolute atomic E-state index is 12.6. The van der Waals surface area contributed by atoms with Gasteiger partial charge in [0.2, 0.25) is 0 Å². The van der Waals surface area contributed by atoms with E-state index < -0.39 is 0 Å². The Bertz CT molecular complexity index is 1120. The van der Waals surface area contributed by atoms with Crippen LogP contribution in [-0.2, 0) is 0 Å². The fourth-order valence-electron chi connectivity index (χ4n) is 2.74. The molecule has 1 N–H and O–H groups in total. The van der Waals surface area contributed by atoms with Crippen LogP contribution in [0.4, 0.5) is 5.69 Å². The number of hydrogen-bond acceptors (Lipinski definition) is 7. The third kappa shape index (κ3) is 4.13. The van der Waals surface area contributed by atoms with Crippen LogP contribution in [0.5, 0.6) is 11.5 Å². The standard InChI is InChI=1S/C21H17N3O3S2/c1-26-17-8-5-14(11-18(17)27-2)21-24-16(12-29-21)19(25)23-15-6-3-13(4-7-15)20-22-9-10-28-20/h3-12H,1-2H3,(H,23,25). The summed E-state index contributed by atoms with van der Waals surface area (Å²) in [6.45, 7) is 0. The molecule has 0 aliphatic heterocycles. The number of benzene rings is 2. The average Bonchev–Trinajstić information content (AvgIpc) is 3.46. The van der Waals surface area contributed by atoms with Gasteiger partial charge in [-0.05, 0) is 42.5 Å². The maximum Gasteiger partial charge on any atom is 0.275 e. The van der Waals surface area contributed by atoms with Crippen molar-refractivity contribution in [2.45, 2.75) is 0 Å². The van der Waals surface area contributed by atoms with Gasteiger partial charge in [-0.25, -0.2) is 9.97 Å². The molecule has 0 saturated heterocycles. The Labute approximate surface area is 175 Å². The van der Waals surface area contributed by atoms with Crippen molar-refractivity contribution in [1.29, 1.82) is 0 Å². The Morgan fingerprint density at radius 1 is 0.931 bits per heavy atom. The third-order valence-corrected chi connectivity index (χ3v) is 5.90. The molecule has 2 aromatic heterocycles. The van der Waals surface area contributed by atoms with E-state index in [-0.39, 0.29) is 5.91 Å². The van der Waals surface area contributed by atoms with Crippen molar-refractivity contribution in [2.24, 2.45) is 0 Å². The predicted molar refractivity (Wildman–Crippen MR) is 116 cm³/mol. The fourth-order valence-corrected chi connectivity index (χ4v) is 4.18. The molecular formula is C21H17N3O3S2. The molecule has 0 bridgehead atoms. The Balaban J connectivity index is 1.48. The number of nitrogens with one attached hydrogen (secondary N) is 1. The summed E-state index contributed by atoms with van der Waals surface area (Å²) in [5.41, 5.74) is 2.95. The van der Waals surface area contributed by atoms with Crippen LogP contribution < -0.4 is 14.8 Å². The summed E-state index contributed by atoms with van der Waals surface area (Å²) in [6.07, 6.45) is 1.77. The van der Waals surface area contributed by atoms with E-state index in [9.17, 15) is 4.79 Å². The maximum atomic E-state index is 12.6. The second kappa shape index (κ2) is 8.42. The first kappa shape index (κ1) is 19.1. The summed E-state index contributed by atoms with van der Waals surface area (Å²) in [4.78, 5) is 21.3. The van der Waals surface area contributed by atoms with Gasteiger partial charge in [-0.15, -0.1) is 22.7 Å². The van der Waals surface area contributed by atoms with Crippen molar-refractivity contribution in [3.05, 3.63) is 65.1 Å². The lowest BCUT2D eigenvalue weighted by atomic mass is 10.2. The molecule has 1 amide bonds. The van der Waals surface area contributed by atoms with Crippen molar-refractivity contribution in [3.8, 4) is 32.6 Å². The number of nitrogens with zero attached hydrogens (tertiary/aromatic N) is 2. The number of carbonyl (C=O) groups is 1. The van der Waals surface area contributed by atoms with Crippen LogP contribution in [0.15, 0.2) is 59.4 Å². The molecule has 8 heteroatoms. The molecule has 0 aliphatic carbocycles. The van der Waals surface area contributed by atoms with Gasteiger partial charge in [-0.1, -0.05) is 0 Å². The Hall–Kier alpha value is -3.23. The summed E-state index contributed by atoms with van der Waals surface area (Å²) >= 11 is 2.97. The van der Waals surface area contributed by atoms with Crippen LogP contribution in [0, 0.1) is 0 Å². The highest BCUT2D eigenvalue weighted by atomic mass is 32.1. The number of amides is 1. The summed E-state index contributed by atoms with van der Waals surface area (Å²) in [6, 6.07) is 13.1. The molecule has 0 atom stereocenters. The Morgan fingerprint density at radius 3 is 2.38 bits per heavy atom. The smallest absolute Gasteiger partial charge is 0.275 e. The zero-order chi connectivity index (χ0) is 20.2. The van der Waals surface area contributed by atoms with Gasteiger partial charge in [-0.3, -0.25) is 4.79 Å². The zero-order valence-corrected chi connectivity index (χ0v) is 17.3. The molecule has 4 aromatic rings. The summed E-state index contributed by atoms with van der Waals surface area (Å²) < 4.78 is 10.6. The van der Waals surface area contributed by atoms with Crippen LogP contribution in [0.2, 0.25) is 0 Å². The monoisotopic (exact) mass is 423 g/mol. The van der Waals surface area contributed by atoms with Gasteiger partial charge in [-0.2, -0.15) is 0 Å². The quantitative estimate of drug-likeness (QED) is 0.461. The lowest BCUT2D eigenvalue weighted by molar-refractivity contribution is 0.102. The molecule has 4 rings (SSSR count). The van der Waals surface area contributed by atoms with Crippen molar-refractivity contribution in [1.82, 2.24) is 9.97 Å². The van der Waals surface area contributed by atoms with Crippen molar-refractivity contribution < 1.29 is 14.3 Å². The number of hydrogen-bond donors (Lipinski definition) is 1. The first-order valence-electron chi connectivity index (χ1n) is 8.67. The second-order valence-corrected chi connectivity index (χ2v) is 7.73. The third-order valence-electron chi connectivity index (χ3n) is 4.19. The number of anilines is 1. The number of ether oxygens (including phenoxy) is 2. The van der Waals surface area contributed by atoms with Gasteiger partial charge in [0.15, 0.2) is 11.5 Å². The first-order valence-corrected chi connectivity index (χ1v) is 10.4. The van der Waals surface area contributed by atoms with Crippen molar-refractivity contribution in [2.75, 3.05) is 19.5 Å². The van der Waals surface area contributed by atoms with E-state index >= 15 is 0 Å². The predicted octanol–water partition coefficient (Wildman–Crippen LogP) is 5.20. The van der Waals surface area contributed by atoms with Crippen LogP contribution in [0.25, 0.3) is 21.1 Å². The molecule has 2 heterocycles. The van der Waals surface area contributed by atoms with Gasteiger partial charge in [0.05, 0.1) is 14.2 Å². The molecule has 2 aromatic carbocycles. The molecule has 6 nitrogen and oxygen atoms in total. The van der Waals surface area contributed by atoms with Crippen LogP contribution in [-0.4, -0.2) is 30.1 Å². The van der Waals surface area contributed by atoms with Gasteiger partial charge in [0.25, 0.3) is 5.91 Å². The normalized spacial score (nSPS) is 10.6. The molecule has 0 unspecified atom stereocenters. The molecule has 146 valence electrons. The summed E-state index contributed by atoms with van der Waals surface area (Å²) in [5, 5.41) is 8.23. The molecule has 0 aliphatic rings. The van der Waals surface area contributed by atoms with E-state index in [1.165, 1.54) is 11.3 Å². The highest BCUT2D eigenvalue weighted by Gasteiger charge is 2.14. The van der Waals surface area contributed by atoms with E-state index in [0.717, 1.165) is 21.1 Å². The lowest BCUT2D eigenvalue weighted by Crippen LogP contribution is -2.12. The Kier molecular flexibility index (Phi) is 5.55. The fraction of sp³-hybridized carbons (Fsp3) is 0.0952. The highest BCUT2D eigenvalue weighted by Crippen LogP contribution is 2.33. The molecule has 0 spiro atoms. The topological polar surface area (TPSA) is 73.3 Å². The summed E-state index contributed by atoms with van der Waals surface area (Å²) in [5.74, 6) is 1.01. The van der Waals surface area contributed by atoms with Crippen molar-refractivity contribution in [3.63, 3.8) is 0 Å². The largest absolute Gasteiger partial charge is 0.493 e. The molecule has 0 saturated carbocycles. The molecule has 0 radical (unpaired) electrons. The van der Waals surface area contributed by atoms with Gasteiger partial charge in [0.1, 0.15) is 15.7 Å². The second-order valence-electron chi connectivity index (χ2n) is 5.98. The van der Waals surface area contributed by atoms with Gasteiger partial charge in [0, 0.05) is 33.8 Å². The minimum Gasteiger partial charge on any atom is -0.493 e. The Morgan fingerprint density at radius 2 is 1.69 bits per heavy atom. The molecule has 0 fully saturated rings. The van der Waals surface area contributed by atoms with Crippen LogP contribution in [0.3, 0.4) is 0 Å². The average molecular weight is 424 g/mol. The number of carbonyl (C=O) groups excluding carboxylic acids is 1. The number of methoxy groups -OCH3 is 2. The van der Waals surface area contributed by atoms with Crippen LogP contribution in [0.1, 0.15) is 10.5 Å².